The Balaban J connectivity index is 1.72. The number of halogens is 1. The molecule has 1 saturated carbocycles. The molecule has 27 heavy (non-hydrogen) atoms. The number of hydrogen-bond acceptors (Lipinski definition) is 5. The highest BCUT2D eigenvalue weighted by Crippen LogP contribution is 2.32. The molecular formula is C19H22ClN3O3S. The molecule has 1 unspecified atom stereocenters. The van der Waals surface area contributed by atoms with E-state index in [1.165, 1.54) is 18.3 Å². The zero-order chi connectivity index (χ0) is 19.4. The van der Waals surface area contributed by atoms with Crippen molar-refractivity contribution in [3.05, 3.63) is 28.6 Å². The minimum atomic E-state index is -0.521. The number of rotatable bonds is 6. The normalized spacial score (nSPS) is 15.4. The van der Waals surface area contributed by atoms with Gasteiger partial charge in [0, 0.05) is 17.9 Å². The number of nitrogens with one attached hydrogen (secondary N) is 2. The van der Waals surface area contributed by atoms with Crippen LogP contribution >= 0.6 is 22.9 Å². The first-order chi connectivity index (χ1) is 13.0. The van der Waals surface area contributed by atoms with Crippen LogP contribution in [0.3, 0.4) is 0 Å². The van der Waals surface area contributed by atoms with Gasteiger partial charge in [0.2, 0.25) is 11.8 Å². The Morgan fingerprint density at radius 2 is 2.07 bits per heavy atom. The van der Waals surface area contributed by atoms with Crippen molar-refractivity contribution in [1.29, 1.82) is 0 Å². The van der Waals surface area contributed by atoms with Gasteiger partial charge in [0.05, 0.1) is 17.8 Å². The Bertz CT molecular complexity index is 833. The van der Waals surface area contributed by atoms with Crippen LogP contribution in [0.1, 0.15) is 32.6 Å². The minimum absolute atomic E-state index is 0.175. The molecule has 1 heterocycles. The predicted octanol–water partition coefficient (Wildman–Crippen LogP) is 4.11. The molecule has 1 aromatic carbocycles. The predicted molar refractivity (Wildman–Crippen MR) is 107 cm³/mol. The van der Waals surface area contributed by atoms with Gasteiger partial charge in [0.1, 0.15) is 11.8 Å². The average Bonchev–Trinajstić information content (AvgIpc) is 3.31. The molecule has 1 fully saturated rings. The Morgan fingerprint density at radius 3 is 2.70 bits per heavy atom. The van der Waals surface area contributed by atoms with E-state index < -0.39 is 6.04 Å². The average molecular weight is 408 g/mol. The highest BCUT2D eigenvalue weighted by Gasteiger charge is 2.31. The van der Waals surface area contributed by atoms with Crippen LogP contribution in [0, 0.1) is 5.92 Å². The summed E-state index contributed by atoms with van der Waals surface area (Å²) in [6.45, 7) is 1.43. The first-order valence-electron chi connectivity index (χ1n) is 8.85. The van der Waals surface area contributed by atoms with E-state index >= 15 is 0 Å². The molecule has 0 radical (unpaired) electrons. The van der Waals surface area contributed by atoms with Crippen molar-refractivity contribution < 1.29 is 14.3 Å². The smallest absolute Gasteiger partial charge is 0.249 e. The summed E-state index contributed by atoms with van der Waals surface area (Å²) in [6.07, 6.45) is 4.08. The van der Waals surface area contributed by atoms with Crippen molar-refractivity contribution in [2.24, 2.45) is 5.92 Å². The molecule has 0 bridgehead atoms. The Kier molecular flexibility index (Phi) is 6.34. The molecule has 8 heteroatoms. The van der Waals surface area contributed by atoms with Crippen LogP contribution in [0.4, 0.5) is 5.13 Å². The number of thiazole rings is 1. The number of amides is 2. The summed E-state index contributed by atoms with van der Waals surface area (Å²) in [4.78, 5) is 28.7. The number of methoxy groups -OCH3 is 1. The van der Waals surface area contributed by atoms with Crippen molar-refractivity contribution in [2.45, 2.75) is 38.6 Å². The van der Waals surface area contributed by atoms with Gasteiger partial charge in [-0.2, -0.15) is 0 Å². The van der Waals surface area contributed by atoms with Gasteiger partial charge in [0.15, 0.2) is 5.13 Å². The molecule has 2 amide bonds. The minimum Gasteiger partial charge on any atom is -0.495 e. The molecule has 0 saturated heterocycles. The maximum absolute atomic E-state index is 12.7. The fourth-order valence-corrected chi connectivity index (χ4v) is 4.36. The molecule has 2 N–H and O–H groups in total. The lowest BCUT2D eigenvalue weighted by molar-refractivity contribution is -0.126. The number of hydrogen-bond donors (Lipinski definition) is 2. The third-order valence-corrected chi connectivity index (χ3v) is 5.75. The fourth-order valence-electron chi connectivity index (χ4n) is 3.38. The van der Waals surface area contributed by atoms with E-state index in [9.17, 15) is 9.59 Å². The SMILES string of the molecule is COc1ccc(-c2csc(NC(=O)C(NC(C)=O)C3CCCC3)n2)cc1Cl. The summed E-state index contributed by atoms with van der Waals surface area (Å²) >= 11 is 7.51. The summed E-state index contributed by atoms with van der Waals surface area (Å²) in [6, 6.07) is 4.90. The molecule has 0 spiro atoms. The molecule has 144 valence electrons. The molecule has 6 nitrogen and oxygen atoms in total. The van der Waals surface area contributed by atoms with Crippen molar-refractivity contribution in [3.63, 3.8) is 0 Å². The molecule has 1 atom stereocenters. The highest BCUT2D eigenvalue weighted by molar-refractivity contribution is 7.14. The second-order valence-corrected chi connectivity index (χ2v) is 7.86. The van der Waals surface area contributed by atoms with Crippen LogP contribution in [0.5, 0.6) is 5.75 Å². The number of aromatic nitrogens is 1. The molecule has 1 aromatic heterocycles. The van der Waals surface area contributed by atoms with Crippen LogP contribution in [0.2, 0.25) is 5.02 Å². The van der Waals surface area contributed by atoms with E-state index in [1.54, 1.807) is 19.2 Å². The maximum atomic E-state index is 12.7. The first kappa shape index (κ1) is 19.6. The lowest BCUT2D eigenvalue weighted by Gasteiger charge is -2.22. The topological polar surface area (TPSA) is 80.3 Å². The van der Waals surface area contributed by atoms with Gasteiger partial charge in [-0.3, -0.25) is 9.59 Å². The van der Waals surface area contributed by atoms with Gasteiger partial charge in [0.25, 0.3) is 0 Å². The summed E-state index contributed by atoms with van der Waals surface area (Å²) in [7, 11) is 1.56. The van der Waals surface area contributed by atoms with Crippen LogP contribution < -0.4 is 15.4 Å². The maximum Gasteiger partial charge on any atom is 0.249 e. The van der Waals surface area contributed by atoms with Gasteiger partial charge < -0.3 is 15.4 Å². The number of anilines is 1. The van der Waals surface area contributed by atoms with Crippen molar-refractivity contribution >= 4 is 39.9 Å². The standard InChI is InChI=1S/C19H22ClN3O3S/c1-11(24)21-17(12-5-3-4-6-12)18(25)23-19-22-15(10-27-19)13-7-8-16(26-2)14(20)9-13/h7-10,12,17H,3-6H2,1-2H3,(H,21,24)(H,22,23,25). The quantitative estimate of drug-likeness (QED) is 0.755. The molecule has 2 aromatic rings. The van der Waals surface area contributed by atoms with Gasteiger partial charge >= 0.3 is 0 Å². The second-order valence-electron chi connectivity index (χ2n) is 6.60. The first-order valence-corrected chi connectivity index (χ1v) is 10.1. The van der Waals surface area contributed by atoms with E-state index in [0.29, 0.717) is 15.9 Å². The molecule has 1 aliphatic carbocycles. The monoisotopic (exact) mass is 407 g/mol. The number of carbonyl (C=O) groups excluding carboxylic acids is 2. The van der Waals surface area contributed by atoms with Crippen molar-refractivity contribution in [3.8, 4) is 17.0 Å². The number of benzene rings is 1. The molecule has 1 aliphatic rings. The van der Waals surface area contributed by atoms with Gasteiger partial charge in [-0.15, -0.1) is 11.3 Å². The van der Waals surface area contributed by atoms with E-state index in [4.69, 9.17) is 16.3 Å². The largest absolute Gasteiger partial charge is 0.495 e. The molecule has 0 aliphatic heterocycles. The number of ether oxygens (including phenoxy) is 1. The Morgan fingerprint density at radius 1 is 1.33 bits per heavy atom. The Hall–Kier alpha value is -2.12. The van der Waals surface area contributed by atoms with Crippen molar-refractivity contribution in [1.82, 2.24) is 10.3 Å². The summed E-state index contributed by atoms with van der Waals surface area (Å²) in [5, 5.41) is 8.50. The second kappa shape index (κ2) is 8.71. The third-order valence-electron chi connectivity index (χ3n) is 4.69. The zero-order valence-electron chi connectivity index (χ0n) is 15.3. The lowest BCUT2D eigenvalue weighted by atomic mass is 9.97. The fraction of sp³-hybridized carbons (Fsp3) is 0.421. The Labute approximate surface area is 167 Å². The van der Waals surface area contributed by atoms with Crippen LogP contribution in [0.25, 0.3) is 11.3 Å². The van der Waals surface area contributed by atoms with Crippen LogP contribution in [-0.4, -0.2) is 29.9 Å². The van der Waals surface area contributed by atoms with Gasteiger partial charge in [-0.25, -0.2) is 4.98 Å². The van der Waals surface area contributed by atoms with E-state index in [-0.39, 0.29) is 17.7 Å². The van der Waals surface area contributed by atoms with Gasteiger partial charge in [-0.1, -0.05) is 24.4 Å². The van der Waals surface area contributed by atoms with Gasteiger partial charge in [-0.05, 0) is 37.0 Å². The molecule has 3 rings (SSSR count). The summed E-state index contributed by atoms with van der Waals surface area (Å²) < 4.78 is 5.16. The van der Waals surface area contributed by atoms with Crippen molar-refractivity contribution in [2.75, 3.05) is 12.4 Å². The lowest BCUT2D eigenvalue weighted by Crippen LogP contribution is -2.47. The van der Waals surface area contributed by atoms with Crippen LogP contribution in [-0.2, 0) is 9.59 Å². The molecular weight excluding hydrogens is 386 g/mol. The van der Waals surface area contributed by atoms with E-state index in [2.05, 4.69) is 15.6 Å². The van der Waals surface area contributed by atoms with Crippen LogP contribution in [0.15, 0.2) is 23.6 Å². The number of carbonyl (C=O) groups is 2. The summed E-state index contributed by atoms with van der Waals surface area (Å²) in [5.41, 5.74) is 1.56. The van der Waals surface area contributed by atoms with E-state index in [1.807, 2.05) is 11.4 Å². The zero-order valence-corrected chi connectivity index (χ0v) is 16.8. The summed E-state index contributed by atoms with van der Waals surface area (Å²) in [5.74, 6) is 0.355. The third kappa shape index (κ3) is 4.78. The van der Waals surface area contributed by atoms with E-state index in [0.717, 1.165) is 36.9 Å². The highest BCUT2D eigenvalue weighted by atomic mass is 35.5. The number of nitrogens with zero attached hydrogens (tertiary/aromatic N) is 1.